The van der Waals surface area contributed by atoms with Gasteiger partial charge in [-0.1, -0.05) is 12.2 Å². The Morgan fingerprint density at radius 3 is 2.86 bits per heavy atom. The molecule has 110 valence electrons. The molecule has 21 heavy (non-hydrogen) atoms. The molecule has 2 heterocycles. The Kier molecular flexibility index (Phi) is 2.75. The molecule has 2 aromatic heterocycles. The van der Waals surface area contributed by atoms with Crippen LogP contribution in [0.5, 0.6) is 0 Å². The predicted molar refractivity (Wildman–Crippen MR) is 80.0 cm³/mol. The Morgan fingerprint density at radius 1 is 1.29 bits per heavy atom. The van der Waals surface area contributed by atoms with Crippen molar-refractivity contribution in [1.82, 2.24) is 19.5 Å². The van der Waals surface area contributed by atoms with Crippen molar-refractivity contribution in [2.75, 3.05) is 25.6 Å². The van der Waals surface area contributed by atoms with Gasteiger partial charge >= 0.3 is 0 Å². The molecule has 6 nitrogen and oxygen atoms in total. The highest BCUT2D eigenvalue weighted by atomic mass is 16.3. The van der Waals surface area contributed by atoms with E-state index >= 15 is 0 Å². The fraction of sp³-hybridized carbons (Fsp3) is 0.533. The molecule has 0 radical (unpaired) electrons. The lowest BCUT2D eigenvalue weighted by Crippen LogP contribution is -2.18. The van der Waals surface area contributed by atoms with Crippen LogP contribution in [-0.2, 0) is 0 Å². The number of fused-ring (bicyclic) bond motifs is 3. The SMILES string of the molecule is CN(C)c1ncnc2c1ncn2[C@H]1C[C@H]2C=C[C@H]1[C@@H]2CO. The Bertz CT molecular complexity index is 707. The minimum atomic E-state index is 0.253. The van der Waals surface area contributed by atoms with E-state index in [4.69, 9.17) is 0 Å². The second-order valence-electron chi connectivity index (χ2n) is 6.19. The Morgan fingerprint density at radius 2 is 2.14 bits per heavy atom. The largest absolute Gasteiger partial charge is 0.396 e. The fourth-order valence-electron chi connectivity index (χ4n) is 3.91. The number of hydrogen-bond donors (Lipinski definition) is 1. The number of anilines is 1. The van der Waals surface area contributed by atoms with Gasteiger partial charge in [0.05, 0.1) is 6.33 Å². The highest BCUT2D eigenvalue weighted by Crippen LogP contribution is 2.50. The van der Waals surface area contributed by atoms with E-state index < -0.39 is 0 Å². The molecule has 0 unspecified atom stereocenters. The number of aliphatic hydroxyl groups is 1. The zero-order chi connectivity index (χ0) is 14.6. The van der Waals surface area contributed by atoms with E-state index in [9.17, 15) is 5.11 Å². The third-order valence-electron chi connectivity index (χ3n) is 4.91. The third-order valence-corrected chi connectivity index (χ3v) is 4.91. The molecule has 2 aromatic rings. The maximum Gasteiger partial charge on any atom is 0.165 e. The first-order chi connectivity index (χ1) is 10.2. The molecule has 0 spiro atoms. The molecule has 1 N–H and O–H groups in total. The minimum absolute atomic E-state index is 0.253. The predicted octanol–water partition coefficient (Wildman–Crippen LogP) is 1.25. The molecule has 1 saturated carbocycles. The van der Waals surface area contributed by atoms with E-state index in [1.54, 1.807) is 6.33 Å². The van der Waals surface area contributed by atoms with Crippen molar-refractivity contribution in [3.8, 4) is 0 Å². The van der Waals surface area contributed by atoms with Crippen LogP contribution in [0.15, 0.2) is 24.8 Å². The first-order valence-electron chi connectivity index (χ1n) is 7.34. The minimum Gasteiger partial charge on any atom is -0.396 e. The van der Waals surface area contributed by atoms with Gasteiger partial charge in [-0.3, -0.25) is 0 Å². The highest BCUT2D eigenvalue weighted by Gasteiger charge is 2.45. The van der Waals surface area contributed by atoms with Gasteiger partial charge in [0.2, 0.25) is 0 Å². The standard InChI is InChI=1S/C15H19N5O/c1-19(2)14-13-15(17-7-16-14)20(8-18-13)12-5-9-3-4-10(12)11(9)6-21/h3-4,7-12,21H,5-6H2,1-2H3/t9-,10+,11-,12+/m1/s1. The maximum absolute atomic E-state index is 9.60. The molecule has 2 bridgehead atoms. The topological polar surface area (TPSA) is 67.1 Å². The second kappa shape index (κ2) is 4.53. The molecule has 1 fully saturated rings. The second-order valence-corrected chi connectivity index (χ2v) is 6.19. The van der Waals surface area contributed by atoms with Crippen LogP contribution in [0.1, 0.15) is 12.5 Å². The van der Waals surface area contributed by atoms with Crippen LogP contribution in [0.25, 0.3) is 11.2 Å². The van der Waals surface area contributed by atoms with Gasteiger partial charge in [-0.05, 0) is 18.3 Å². The van der Waals surface area contributed by atoms with Gasteiger partial charge in [0, 0.05) is 32.7 Å². The van der Waals surface area contributed by atoms with Crippen LogP contribution >= 0.6 is 0 Å². The number of aromatic nitrogens is 4. The van der Waals surface area contributed by atoms with Gasteiger partial charge in [0.1, 0.15) is 6.33 Å². The van der Waals surface area contributed by atoms with Crippen molar-refractivity contribution in [3.63, 3.8) is 0 Å². The van der Waals surface area contributed by atoms with Crippen LogP contribution in [0.4, 0.5) is 5.82 Å². The number of hydrogen-bond acceptors (Lipinski definition) is 5. The summed E-state index contributed by atoms with van der Waals surface area (Å²) >= 11 is 0. The molecule has 0 aromatic carbocycles. The van der Waals surface area contributed by atoms with Crippen LogP contribution in [0, 0.1) is 17.8 Å². The molecule has 4 atom stereocenters. The summed E-state index contributed by atoms with van der Waals surface area (Å²) < 4.78 is 2.17. The summed E-state index contributed by atoms with van der Waals surface area (Å²) in [6.07, 6.45) is 9.03. The van der Waals surface area contributed by atoms with Crippen molar-refractivity contribution in [1.29, 1.82) is 0 Å². The van der Waals surface area contributed by atoms with E-state index in [2.05, 4.69) is 31.7 Å². The molecular weight excluding hydrogens is 266 g/mol. The van der Waals surface area contributed by atoms with Crippen LogP contribution in [0.2, 0.25) is 0 Å². The van der Waals surface area contributed by atoms with Crippen molar-refractivity contribution in [2.24, 2.45) is 17.8 Å². The van der Waals surface area contributed by atoms with Crippen molar-refractivity contribution in [2.45, 2.75) is 12.5 Å². The molecular formula is C15H19N5O. The first kappa shape index (κ1) is 12.8. The number of imidazole rings is 1. The lowest BCUT2D eigenvalue weighted by atomic mass is 9.96. The smallest absolute Gasteiger partial charge is 0.165 e. The summed E-state index contributed by atoms with van der Waals surface area (Å²) in [7, 11) is 3.92. The van der Waals surface area contributed by atoms with Crippen LogP contribution in [0.3, 0.4) is 0 Å². The molecule has 0 amide bonds. The monoisotopic (exact) mass is 285 g/mol. The summed E-state index contributed by atoms with van der Waals surface area (Å²) in [5.74, 6) is 2.06. The zero-order valence-electron chi connectivity index (χ0n) is 12.2. The third kappa shape index (κ3) is 1.72. The highest BCUT2D eigenvalue weighted by molar-refractivity contribution is 5.83. The van der Waals surface area contributed by atoms with Crippen LogP contribution in [-0.4, -0.2) is 45.3 Å². The average molecular weight is 285 g/mol. The van der Waals surface area contributed by atoms with Gasteiger partial charge in [-0.15, -0.1) is 0 Å². The lowest BCUT2D eigenvalue weighted by molar-refractivity contribution is 0.193. The number of aliphatic hydroxyl groups excluding tert-OH is 1. The molecule has 4 rings (SSSR count). The Labute approximate surface area is 123 Å². The molecule has 6 heteroatoms. The summed E-state index contributed by atoms with van der Waals surface area (Å²) in [5, 5.41) is 9.60. The van der Waals surface area contributed by atoms with Gasteiger partial charge < -0.3 is 14.6 Å². The number of nitrogens with zero attached hydrogens (tertiary/aromatic N) is 5. The molecule has 2 aliphatic carbocycles. The van der Waals surface area contributed by atoms with E-state index in [0.29, 0.717) is 23.8 Å². The number of rotatable bonds is 3. The summed E-state index contributed by atoms with van der Waals surface area (Å²) in [6, 6.07) is 0.340. The van der Waals surface area contributed by atoms with E-state index in [1.165, 1.54) is 0 Å². The van der Waals surface area contributed by atoms with Gasteiger partial charge in [-0.2, -0.15) is 0 Å². The van der Waals surface area contributed by atoms with Crippen molar-refractivity contribution >= 4 is 17.0 Å². The fourth-order valence-corrected chi connectivity index (χ4v) is 3.91. The molecule has 0 saturated heterocycles. The van der Waals surface area contributed by atoms with Gasteiger partial charge in [0.25, 0.3) is 0 Å². The van der Waals surface area contributed by atoms with Crippen molar-refractivity contribution < 1.29 is 5.11 Å². The molecule has 0 aliphatic heterocycles. The average Bonchev–Trinajstić information content (AvgIpc) is 3.17. The summed E-state index contributed by atoms with van der Waals surface area (Å²) in [6.45, 7) is 0.253. The normalized spacial score (nSPS) is 30.4. The van der Waals surface area contributed by atoms with E-state index in [0.717, 1.165) is 23.4 Å². The van der Waals surface area contributed by atoms with Crippen LogP contribution < -0.4 is 4.90 Å². The number of allylic oxidation sites excluding steroid dienone is 2. The maximum atomic E-state index is 9.60. The van der Waals surface area contributed by atoms with E-state index in [-0.39, 0.29) is 6.61 Å². The Hall–Kier alpha value is -1.95. The van der Waals surface area contributed by atoms with Gasteiger partial charge in [-0.25, -0.2) is 15.0 Å². The summed E-state index contributed by atoms with van der Waals surface area (Å²) in [5.41, 5.74) is 1.73. The van der Waals surface area contributed by atoms with Crippen molar-refractivity contribution in [3.05, 3.63) is 24.8 Å². The summed E-state index contributed by atoms with van der Waals surface area (Å²) in [4.78, 5) is 15.2. The zero-order valence-corrected chi connectivity index (χ0v) is 12.2. The Balaban J connectivity index is 1.79. The lowest BCUT2D eigenvalue weighted by Gasteiger charge is -2.21. The van der Waals surface area contributed by atoms with Gasteiger partial charge in [0.15, 0.2) is 17.0 Å². The van der Waals surface area contributed by atoms with E-state index in [1.807, 2.05) is 25.3 Å². The quantitative estimate of drug-likeness (QED) is 0.860. The first-order valence-corrected chi connectivity index (χ1v) is 7.34. The molecule has 2 aliphatic rings.